The molecule has 0 heterocycles. The maximum Gasteiger partial charge on any atom is 0.126 e. The Kier molecular flexibility index (Phi) is 4.94. The predicted octanol–water partition coefficient (Wildman–Crippen LogP) is 4.20. The van der Waals surface area contributed by atoms with Crippen LogP contribution in [0, 0.1) is 5.82 Å². The van der Waals surface area contributed by atoms with E-state index in [-0.39, 0.29) is 11.9 Å². The van der Waals surface area contributed by atoms with Gasteiger partial charge in [0.05, 0.1) is 0 Å². The van der Waals surface area contributed by atoms with Gasteiger partial charge in [-0.15, -0.1) is 0 Å². The number of hydrogen-bond acceptors (Lipinski definition) is 1. The largest absolute Gasteiger partial charge is 0.310 e. The van der Waals surface area contributed by atoms with Gasteiger partial charge in [0.15, 0.2) is 0 Å². The number of benzene rings is 2. The molecular weight excluding hydrogens is 261 g/mol. The number of hydrogen-bond donors (Lipinski definition) is 1. The summed E-state index contributed by atoms with van der Waals surface area (Å²) in [5, 5.41) is 4.12. The second kappa shape index (κ2) is 6.69. The van der Waals surface area contributed by atoms with Gasteiger partial charge in [-0.25, -0.2) is 4.39 Å². The van der Waals surface area contributed by atoms with Crippen LogP contribution in [0.2, 0.25) is 5.02 Å². The highest BCUT2D eigenvalue weighted by atomic mass is 35.5. The third-order valence-corrected chi connectivity index (χ3v) is 3.30. The summed E-state index contributed by atoms with van der Waals surface area (Å²) in [6, 6.07) is 14.9. The van der Waals surface area contributed by atoms with E-state index < -0.39 is 0 Å². The smallest absolute Gasteiger partial charge is 0.126 e. The molecule has 0 amide bonds. The van der Waals surface area contributed by atoms with Gasteiger partial charge in [0.1, 0.15) is 5.82 Å². The maximum absolute atomic E-state index is 13.5. The zero-order valence-electron chi connectivity index (χ0n) is 10.9. The van der Waals surface area contributed by atoms with Crippen LogP contribution in [0.5, 0.6) is 0 Å². The monoisotopic (exact) mass is 277 g/mol. The first-order chi connectivity index (χ1) is 9.15. The first kappa shape index (κ1) is 14.0. The van der Waals surface area contributed by atoms with E-state index in [1.807, 2.05) is 36.4 Å². The fourth-order valence-electron chi connectivity index (χ4n) is 1.96. The summed E-state index contributed by atoms with van der Waals surface area (Å²) in [4.78, 5) is 0. The highest BCUT2D eigenvalue weighted by molar-refractivity contribution is 6.30. The maximum atomic E-state index is 13.5. The van der Waals surface area contributed by atoms with Crippen LogP contribution >= 0.6 is 11.6 Å². The molecule has 19 heavy (non-hydrogen) atoms. The molecule has 2 rings (SSSR count). The molecule has 0 aliphatic heterocycles. The minimum absolute atomic E-state index is 0.136. The molecule has 0 aliphatic carbocycles. The van der Waals surface area contributed by atoms with E-state index in [1.165, 1.54) is 11.6 Å². The zero-order valence-corrected chi connectivity index (χ0v) is 11.6. The first-order valence-electron chi connectivity index (χ1n) is 6.36. The van der Waals surface area contributed by atoms with Gasteiger partial charge in [0, 0.05) is 17.6 Å². The normalized spacial score (nSPS) is 12.4. The Balaban J connectivity index is 1.86. The quantitative estimate of drug-likeness (QED) is 0.864. The molecule has 1 nitrogen and oxygen atoms in total. The van der Waals surface area contributed by atoms with Crippen LogP contribution in [0.3, 0.4) is 0 Å². The molecule has 0 aliphatic rings. The summed E-state index contributed by atoms with van der Waals surface area (Å²) in [6.45, 7) is 2.81. The van der Waals surface area contributed by atoms with Crippen molar-refractivity contribution in [2.45, 2.75) is 25.9 Å². The average Bonchev–Trinajstić information content (AvgIpc) is 2.41. The molecule has 0 aromatic heterocycles. The summed E-state index contributed by atoms with van der Waals surface area (Å²) in [5.74, 6) is -0.136. The Hall–Kier alpha value is -1.38. The zero-order chi connectivity index (χ0) is 13.7. The van der Waals surface area contributed by atoms with Gasteiger partial charge in [0.25, 0.3) is 0 Å². The fourth-order valence-corrected chi connectivity index (χ4v) is 2.09. The summed E-state index contributed by atoms with van der Waals surface area (Å²) < 4.78 is 13.5. The van der Waals surface area contributed by atoms with Crippen LogP contribution in [-0.4, -0.2) is 6.04 Å². The second-order valence-corrected chi connectivity index (χ2v) is 5.14. The van der Waals surface area contributed by atoms with Crippen molar-refractivity contribution in [2.24, 2.45) is 0 Å². The molecule has 100 valence electrons. The molecule has 0 saturated carbocycles. The number of nitrogens with one attached hydrogen (secondary N) is 1. The van der Waals surface area contributed by atoms with Crippen LogP contribution in [0.15, 0.2) is 48.5 Å². The van der Waals surface area contributed by atoms with E-state index in [0.717, 1.165) is 17.1 Å². The minimum Gasteiger partial charge on any atom is -0.310 e. The van der Waals surface area contributed by atoms with Gasteiger partial charge in [0.2, 0.25) is 0 Å². The Morgan fingerprint density at radius 1 is 1.11 bits per heavy atom. The average molecular weight is 278 g/mol. The van der Waals surface area contributed by atoms with Crippen LogP contribution in [0.1, 0.15) is 18.1 Å². The molecule has 1 N–H and O–H groups in total. The second-order valence-electron chi connectivity index (χ2n) is 4.70. The summed E-state index contributed by atoms with van der Waals surface area (Å²) in [7, 11) is 0. The van der Waals surface area contributed by atoms with Crippen LogP contribution in [0.25, 0.3) is 0 Å². The van der Waals surface area contributed by atoms with Crippen LogP contribution in [0.4, 0.5) is 4.39 Å². The molecule has 0 fully saturated rings. The minimum atomic E-state index is -0.136. The van der Waals surface area contributed by atoms with Gasteiger partial charge in [-0.3, -0.25) is 0 Å². The van der Waals surface area contributed by atoms with E-state index in [4.69, 9.17) is 11.6 Å². The molecule has 1 atom stereocenters. The van der Waals surface area contributed by atoms with Crippen LogP contribution in [-0.2, 0) is 13.0 Å². The summed E-state index contributed by atoms with van der Waals surface area (Å²) >= 11 is 5.84. The predicted molar refractivity (Wildman–Crippen MR) is 77.9 cm³/mol. The molecule has 0 saturated heterocycles. The molecule has 1 unspecified atom stereocenters. The third-order valence-electron chi connectivity index (χ3n) is 3.05. The number of halogens is 2. The lowest BCUT2D eigenvalue weighted by atomic mass is 10.1. The van der Waals surface area contributed by atoms with Crippen molar-refractivity contribution in [3.8, 4) is 0 Å². The van der Waals surface area contributed by atoms with Crippen molar-refractivity contribution >= 4 is 11.6 Å². The molecule has 0 radical (unpaired) electrons. The summed E-state index contributed by atoms with van der Waals surface area (Å²) in [5.41, 5.74) is 1.92. The molecule has 2 aromatic rings. The lowest BCUT2D eigenvalue weighted by Crippen LogP contribution is -2.27. The van der Waals surface area contributed by atoms with Crippen molar-refractivity contribution in [3.05, 3.63) is 70.5 Å². The van der Waals surface area contributed by atoms with E-state index in [0.29, 0.717) is 6.42 Å². The van der Waals surface area contributed by atoms with E-state index in [2.05, 4.69) is 12.2 Å². The fraction of sp³-hybridized carbons (Fsp3) is 0.250. The standard InChI is InChI=1S/C16H17ClFN/c1-12(10-14-4-2-3-5-16(14)18)19-11-13-6-8-15(17)9-7-13/h2-9,12,19H,10-11H2,1H3. The van der Waals surface area contributed by atoms with Crippen molar-refractivity contribution in [1.82, 2.24) is 5.32 Å². The Labute approximate surface area is 118 Å². The Morgan fingerprint density at radius 2 is 1.79 bits per heavy atom. The van der Waals surface area contributed by atoms with Crippen LogP contribution < -0.4 is 5.32 Å². The number of rotatable bonds is 5. The van der Waals surface area contributed by atoms with Gasteiger partial charge < -0.3 is 5.32 Å². The third kappa shape index (κ3) is 4.34. The topological polar surface area (TPSA) is 12.0 Å². The van der Waals surface area contributed by atoms with Crippen molar-refractivity contribution < 1.29 is 4.39 Å². The highest BCUT2D eigenvalue weighted by Crippen LogP contribution is 2.11. The Morgan fingerprint density at radius 3 is 2.47 bits per heavy atom. The van der Waals surface area contributed by atoms with E-state index in [1.54, 1.807) is 6.07 Å². The van der Waals surface area contributed by atoms with Gasteiger partial charge in [-0.1, -0.05) is 41.9 Å². The van der Waals surface area contributed by atoms with Gasteiger partial charge in [-0.05, 0) is 42.7 Å². The van der Waals surface area contributed by atoms with Crippen molar-refractivity contribution in [2.75, 3.05) is 0 Å². The lowest BCUT2D eigenvalue weighted by Gasteiger charge is -2.14. The molecule has 2 aromatic carbocycles. The molecule has 3 heteroatoms. The summed E-state index contributed by atoms with van der Waals surface area (Å²) in [6.07, 6.45) is 0.681. The van der Waals surface area contributed by atoms with Gasteiger partial charge >= 0.3 is 0 Å². The first-order valence-corrected chi connectivity index (χ1v) is 6.74. The Bertz CT molecular complexity index is 525. The van der Waals surface area contributed by atoms with E-state index >= 15 is 0 Å². The molecular formula is C16H17ClFN. The van der Waals surface area contributed by atoms with Crippen molar-refractivity contribution in [3.63, 3.8) is 0 Å². The highest BCUT2D eigenvalue weighted by Gasteiger charge is 2.06. The van der Waals surface area contributed by atoms with Gasteiger partial charge in [-0.2, -0.15) is 0 Å². The van der Waals surface area contributed by atoms with Crippen molar-refractivity contribution in [1.29, 1.82) is 0 Å². The molecule has 0 spiro atoms. The SMILES string of the molecule is CC(Cc1ccccc1F)NCc1ccc(Cl)cc1. The van der Waals surface area contributed by atoms with E-state index in [9.17, 15) is 4.39 Å². The lowest BCUT2D eigenvalue weighted by molar-refractivity contribution is 0.526. The molecule has 0 bridgehead atoms.